The summed E-state index contributed by atoms with van der Waals surface area (Å²) in [5.74, 6) is 0.601. The maximum Gasteiger partial charge on any atom is 0.241 e. The molecule has 6 heteroatoms. The summed E-state index contributed by atoms with van der Waals surface area (Å²) in [4.78, 5) is 14.8. The highest BCUT2D eigenvalue weighted by molar-refractivity contribution is 8.04. The molecule has 1 aliphatic carbocycles. The molecule has 2 aliphatic rings. The Labute approximate surface area is 148 Å². The first-order chi connectivity index (χ1) is 11.5. The summed E-state index contributed by atoms with van der Waals surface area (Å²) in [6.45, 7) is 7.75. The molecule has 1 aromatic rings. The summed E-state index contributed by atoms with van der Waals surface area (Å²) in [6, 6.07) is 0. The van der Waals surface area contributed by atoms with Crippen LogP contribution < -0.4 is 10.1 Å². The highest BCUT2D eigenvalue weighted by Gasteiger charge is 2.36. The molecule has 0 saturated heterocycles. The lowest BCUT2D eigenvalue weighted by Crippen LogP contribution is -2.29. The average molecular weight is 347 g/mol. The van der Waals surface area contributed by atoms with Crippen LogP contribution in [0.5, 0.6) is 5.88 Å². The van der Waals surface area contributed by atoms with Crippen LogP contribution in [-0.2, 0) is 0 Å². The molecule has 0 bridgehead atoms. The van der Waals surface area contributed by atoms with E-state index in [1.165, 1.54) is 29.2 Å². The number of allylic oxidation sites excluding steroid dienone is 2. The van der Waals surface area contributed by atoms with Crippen molar-refractivity contribution in [2.24, 2.45) is 10.4 Å². The molecule has 0 spiro atoms. The lowest BCUT2D eigenvalue weighted by molar-refractivity contribution is 0.371. The van der Waals surface area contributed by atoms with Crippen LogP contribution in [0.25, 0.3) is 0 Å². The number of aliphatic imine (C=N–C) groups is 1. The predicted octanol–water partition coefficient (Wildman–Crippen LogP) is 4.67. The topological polar surface area (TPSA) is 59.4 Å². The summed E-state index contributed by atoms with van der Waals surface area (Å²) in [7, 11) is 1.64. The Bertz CT molecular complexity index is 682. The Morgan fingerprint density at radius 2 is 2.12 bits per heavy atom. The number of ether oxygens (including phenoxy) is 1. The molecule has 1 aliphatic heterocycles. The van der Waals surface area contributed by atoms with Crippen LogP contribution in [0.3, 0.4) is 0 Å². The number of hydrogen-bond acceptors (Lipinski definition) is 6. The number of methoxy groups -OCH3 is 1. The second-order valence-electron chi connectivity index (χ2n) is 7.15. The first-order valence-electron chi connectivity index (χ1n) is 8.65. The van der Waals surface area contributed by atoms with Gasteiger partial charge in [0.05, 0.1) is 17.7 Å². The van der Waals surface area contributed by atoms with Gasteiger partial charge in [-0.1, -0.05) is 45.4 Å². The monoisotopic (exact) mass is 346 g/mol. The molecule has 0 amide bonds. The molecule has 0 radical (unpaired) electrons. The van der Waals surface area contributed by atoms with Crippen molar-refractivity contribution in [2.45, 2.75) is 57.9 Å². The van der Waals surface area contributed by atoms with Crippen molar-refractivity contribution in [3.05, 3.63) is 16.9 Å². The Morgan fingerprint density at radius 3 is 2.88 bits per heavy atom. The minimum atomic E-state index is 0.205. The van der Waals surface area contributed by atoms with Gasteiger partial charge in [-0.2, -0.15) is 4.98 Å². The number of nitrogens with zero attached hydrogens (tertiary/aromatic N) is 3. The van der Waals surface area contributed by atoms with Crippen molar-refractivity contribution in [1.82, 2.24) is 9.97 Å². The van der Waals surface area contributed by atoms with Crippen LogP contribution in [0.1, 0.15) is 52.9 Å². The summed E-state index contributed by atoms with van der Waals surface area (Å²) in [5, 5.41) is 4.45. The SMILES string of the molecule is CCCCCN=C1CC(C)(C)CC2=C1Sc1ncnc(OC)c1N2. The smallest absolute Gasteiger partial charge is 0.241 e. The molecule has 3 rings (SSSR count). The number of anilines is 1. The molecule has 0 fully saturated rings. The van der Waals surface area contributed by atoms with Gasteiger partial charge in [0, 0.05) is 12.2 Å². The van der Waals surface area contributed by atoms with Gasteiger partial charge in [-0.3, -0.25) is 4.99 Å². The zero-order valence-corrected chi connectivity index (χ0v) is 15.8. The van der Waals surface area contributed by atoms with Crippen LogP contribution in [0.15, 0.2) is 26.9 Å². The van der Waals surface area contributed by atoms with Crippen LogP contribution in [-0.4, -0.2) is 29.3 Å². The fourth-order valence-corrected chi connectivity index (χ4v) is 4.23. The quantitative estimate of drug-likeness (QED) is 0.620. The molecule has 0 aromatic carbocycles. The summed E-state index contributed by atoms with van der Waals surface area (Å²) in [5.41, 5.74) is 3.53. The third kappa shape index (κ3) is 3.58. The molecule has 24 heavy (non-hydrogen) atoms. The van der Waals surface area contributed by atoms with Crippen LogP contribution >= 0.6 is 11.8 Å². The van der Waals surface area contributed by atoms with Crippen molar-refractivity contribution in [3.63, 3.8) is 0 Å². The Hall–Kier alpha value is -1.56. The fourth-order valence-electron chi connectivity index (χ4n) is 3.20. The van der Waals surface area contributed by atoms with E-state index in [2.05, 4.69) is 36.1 Å². The minimum absolute atomic E-state index is 0.205. The van der Waals surface area contributed by atoms with E-state index < -0.39 is 0 Å². The molecule has 1 N–H and O–H groups in total. The Morgan fingerprint density at radius 1 is 1.29 bits per heavy atom. The van der Waals surface area contributed by atoms with Gasteiger partial charge < -0.3 is 10.1 Å². The zero-order valence-electron chi connectivity index (χ0n) is 15.0. The summed E-state index contributed by atoms with van der Waals surface area (Å²) < 4.78 is 5.38. The van der Waals surface area contributed by atoms with Crippen molar-refractivity contribution < 1.29 is 4.74 Å². The largest absolute Gasteiger partial charge is 0.479 e. The summed E-state index contributed by atoms with van der Waals surface area (Å²) >= 11 is 1.70. The number of unbranched alkanes of at least 4 members (excludes halogenated alkanes) is 2. The summed E-state index contributed by atoms with van der Waals surface area (Å²) in [6.07, 6.45) is 7.21. The number of fused-ring (bicyclic) bond motifs is 1. The van der Waals surface area contributed by atoms with Crippen LogP contribution in [0.2, 0.25) is 0 Å². The van der Waals surface area contributed by atoms with E-state index in [1.807, 2.05) is 0 Å². The highest BCUT2D eigenvalue weighted by Crippen LogP contribution is 2.49. The van der Waals surface area contributed by atoms with Gasteiger partial charge in [-0.05, 0) is 24.7 Å². The molecule has 0 unspecified atom stereocenters. The van der Waals surface area contributed by atoms with E-state index in [4.69, 9.17) is 9.73 Å². The number of nitrogens with one attached hydrogen (secondary N) is 1. The number of rotatable bonds is 5. The molecule has 5 nitrogen and oxygen atoms in total. The van der Waals surface area contributed by atoms with Crippen molar-refractivity contribution >= 4 is 23.2 Å². The second kappa shape index (κ2) is 7.13. The fraction of sp³-hybridized carbons (Fsp3) is 0.611. The number of aromatic nitrogens is 2. The van der Waals surface area contributed by atoms with Gasteiger partial charge >= 0.3 is 0 Å². The number of hydrogen-bond donors (Lipinski definition) is 1. The maximum absolute atomic E-state index is 5.38. The third-order valence-electron chi connectivity index (χ3n) is 4.35. The van der Waals surface area contributed by atoms with Gasteiger partial charge in [0.15, 0.2) is 0 Å². The van der Waals surface area contributed by atoms with E-state index in [0.717, 1.165) is 36.5 Å². The maximum atomic E-state index is 5.38. The van der Waals surface area contributed by atoms with E-state index >= 15 is 0 Å². The molecule has 2 heterocycles. The van der Waals surface area contributed by atoms with Crippen LogP contribution in [0.4, 0.5) is 5.69 Å². The Balaban J connectivity index is 1.91. The van der Waals surface area contributed by atoms with Crippen molar-refractivity contribution in [3.8, 4) is 5.88 Å². The van der Waals surface area contributed by atoms with Gasteiger partial charge in [-0.25, -0.2) is 4.98 Å². The van der Waals surface area contributed by atoms with Crippen LogP contribution in [0, 0.1) is 5.41 Å². The normalized spacial score (nSPS) is 20.4. The molecule has 1 aromatic heterocycles. The second-order valence-corrected chi connectivity index (χ2v) is 8.15. The van der Waals surface area contributed by atoms with Gasteiger partial charge in [0.2, 0.25) is 5.88 Å². The molecular weight excluding hydrogens is 320 g/mol. The first kappa shape index (κ1) is 17.3. The van der Waals surface area contributed by atoms with Gasteiger partial charge in [-0.15, -0.1) is 0 Å². The standard InChI is InChI=1S/C18H26N4OS/c1-5-6-7-8-19-12-9-18(2,3)10-13-15(12)24-17-14(22-13)16(23-4)20-11-21-17/h11,22H,5-10H2,1-4H3. The lowest BCUT2D eigenvalue weighted by Gasteiger charge is -2.36. The highest BCUT2D eigenvalue weighted by atomic mass is 32.2. The predicted molar refractivity (Wildman–Crippen MR) is 99.9 cm³/mol. The average Bonchev–Trinajstić information content (AvgIpc) is 2.55. The number of thioether (sulfide) groups is 1. The van der Waals surface area contributed by atoms with E-state index in [1.54, 1.807) is 25.2 Å². The van der Waals surface area contributed by atoms with Crippen molar-refractivity contribution in [2.75, 3.05) is 19.0 Å². The Kier molecular flexibility index (Phi) is 5.13. The lowest BCUT2D eigenvalue weighted by atomic mass is 9.78. The molecule has 0 atom stereocenters. The third-order valence-corrected chi connectivity index (χ3v) is 5.54. The minimum Gasteiger partial charge on any atom is -0.479 e. The van der Waals surface area contributed by atoms with Gasteiger partial charge in [0.1, 0.15) is 17.0 Å². The first-order valence-corrected chi connectivity index (χ1v) is 9.46. The van der Waals surface area contributed by atoms with Crippen molar-refractivity contribution in [1.29, 1.82) is 0 Å². The molecule has 0 saturated carbocycles. The molecular formula is C18H26N4OS. The van der Waals surface area contributed by atoms with E-state index in [9.17, 15) is 0 Å². The zero-order chi connectivity index (χ0) is 17.2. The van der Waals surface area contributed by atoms with E-state index in [-0.39, 0.29) is 5.41 Å². The van der Waals surface area contributed by atoms with E-state index in [0.29, 0.717) is 5.88 Å². The van der Waals surface area contributed by atoms with Gasteiger partial charge in [0.25, 0.3) is 0 Å². The molecule has 130 valence electrons.